The standard InChI is InChI=1S/C15H27N5/c1-5-15(6-2)7-8-20(9-15)14-12(11(3)4)13(19-16)17-10-18-14/h10-11H,5-9,16H2,1-4H3,(H,17,18,19). The fourth-order valence-electron chi connectivity index (χ4n) is 3.23. The van der Waals surface area contributed by atoms with E-state index in [1.165, 1.54) is 19.3 Å². The molecule has 1 aliphatic rings. The lowest BCUT2D eigenvalue weighted by molar-refractivity contribution is 0.301. The van der Waals surface area contributed by atoms with Crippen molar-refractivity contribution in [1.29, 1.82) is 0 Å². The second-order valence-corrected chi connectivity index (χ2v) is 6.14. The van der Waals surface area contributed by atoms with Crippen molar-refractivity contribution in [3.63, 3.8) is 0 Å². The summed E-state index contributed by atoms with van der Waals surface area (Å²) in [5.41, 5.74) is 4.27. The van der Waals surface area contributed by atoms with Gasteiger partial charge < -0.3 is 10.3 Å². The van der Waals surface area contributed by atoms with Crippen molar-refractivity contribution in [1.82, 2.24) is 9.97 Å². The predicted molar refractivity (Wildman–Crippen MR) is 83.8 cm³/mol. The number of nitrogen functional groups attached to an aromatic ring is 1. The van der Waals surface area contributed by atoms with Crippen molar-refractivity contribution >= 4 is 11.6 Å². The number of nitrogens with two attached hydrogens (primary N) is 1. The molecule has 0 aromatic carbocycles. The third-order valence-corrected chi connectivity index (χ3v) is 4.81. The van der Waals surface area contributed by atoms with Crippen molar-refractivity contribution in [2.75, 3.05) is 23.4 Å². The highest BCUT2D eigenvalue weighted by Gasteiger charge is 2.36. The van der Waals surface area contributed by atoms with Crippen LogP contribution in [0.4, 0.5) is 11.6 Å². The smallest absolute Gasteiger partial charge is 0.148 e. The molecular formula is C15H27N5. The van der Waals surface area contributed by atoms with Gasteiger partial charge in [-0.2, -0.15) is 0 Å². The Morgan fingerprint density at radius 1 is 1.35 bits per heavy atom. The Balaban J connectivity index is 2.35. The van der Waals surface area contributed by atoms with Crippen molar-refractivity contribution in [3.8, 4) is 0 Å². The number of rotatable bonds is 5. The van der Waals surface area contributed by atoms with E-state index in [2.05, 4.69) is 48.0 Å². The fourth-order valence-corrected chi connectivity index (χ4v) is 3.23. The summed E-state index contributed by atoms with van der Waals surface area (Å²) in [4.78, 5) is 11.2. The zero-order chi connectivity index (χ0) is 14.8. The van der Waals surface area contributed by atoms with Crippen LogP contribution >= 0.6 is 0 Å². The van der Waals surface area contributed by atoms with E-state index in [1.54, 1.807) is 6.33 Å². The molecule has 1 aromatic rings. The number of anilines is 2. The molecule has 1 aromatic heterocycles. The van der Waals surface area contributed by atoms with Crippen LogP contribution in [0.25, 0.3) is 0 Å². The average Bonchev–Trinajstić information content (AvgIpc) is 2.91. The predicted octanol–water partition coefficient (Wildman–Crippen LogP) is 2.90. The molecule has 0 amide bonds. The van der Waals surface area contributed by atoms with E-state index in [9.17, 15) is 0 Å². The van der Waals surface area contributed by atoms with Crippen LogP contribution < -0.4 is 16.2 Å². The molecule has 5 nitrogen and oxygen atoms in total. The SMILES string of the molecule is CCC1(CC)CCN(c2ncnc(NN)c2C(C)C)C1. The molecule has 112 valence electrons. The minimum absolute atomic E-state index is 0.343. The largest absolute Gasteiger partial charge is 0.356 e. The maximum absolute atomic E-state index is 5.60. The number of hydrazine groups is 1. The Kier molecular flexibility index (Phi) is 4.48. The normalized spacial score (nSPS) is 17.8. The Labute approximate surface area is 121 Å². The van der Waals surface area contributed by atoms with Gasteiger partial charge in [0.1, 0.15) is 18.0 Å². The van der Waals surface area contributed by atoms with Crippen LogP contribution in [-0.2, 0) is 0 Å². The third-order valence-electron chi connectivity index (χ3n) is 4.81. The van der Waals surface area contributed by atoms with E-state index in [4.69, 9.17) is 5.84 Å². The summed E-state index contributed by atoms with van der Waals surface area (Å²) in [6.07, 6.45) is 5.30. The van der Waals surface area contributed by atoms with Gasteiger partial charge in [-0.05, 0) is 30.6 Å². The average molecular weight is 277 g/mol. The molecule has 0 radical (unpaired) electrons. The van der Waals surface area contributed by atoms with Gasteiger partial charge in [-0.1, -0.05) is 27.7 Å². The summed E-state index contributed by atoms with van der Waals surface area (Å²) in [5, 5.41) is 0. The monoisotopic (exact) mass is 277 g/mol. The van der Waals surface area contributed by atoms with E-state index >= 15 is 0 Å². The molecule has 0 atom stereocenters. The van der Waals surface area contributed by atoms with Gasteiger partial charge in [-0.3, -0.25) is 0 Å². The Hall–Kier alpha value is -1.36. The van der Waals surface area contributed by atoms with E-state index < -0.39 is 0 Å². The topological polar surface area (TPSA) is 67.1 Å². The van der Waals surface area contributed by atoms with E-state index in [1.807, 2.05) is 0 Å². The third kappa shape index (κ3) is 2.59. The molecular weight excluding hydrogens is 250 g/mol. The Morgan fingerprint density at radius 2 is 2.05 bits per heavy atom. The molecule has 1 aliphatic heterocycles. The van der Waals surface area contributed by atoms with Gasteiger partial charge >= 0.3 is 0 Å². The lowest BCUT2D eigenvalue weighted by Crippen LogP contribution is -2.28. The first-order valence-electron chi connectivity index (χ1n) is 7.63. The van der Waals surface area contributed by atoms with Crippen molar-refractivity contribution in [2.45, 2.75) is 52.9 Å². The van der Waals surface area contributed by atoms with Crippen LogP contribution in [0.3, 0.4) is 0 Å². The van der Waals surface area contributed by atoms with Gasteiger partial charge in [0, 0.05) is 18.7 Å². The van der Waals surface area contributed by atoms with Crippen LogP contribution in [0.15, 0.2) is 6.33 Å². The summed E-state index contributed by atoms with van der Waals surface area (Å²) in [6.45, 7) is 11.1. The second-order valence-electron chi connectivity index (χ2n) is 6.14. The Bertz CT molecular complexity index is 454. The van der Waals surface area contributed by atoms with Gasteiger partial charge in [0.05, 0.1) is 0 Å². The summed E-state index contributed by atoms with van der Waals surface area (Å²) in [6, 6.07) is 0. The number of hydrogen-bond acceptors (Lipinski definition) is 5. The molecule has 0 spiro atoms. The van der Waals surface area contributed by atoms with Crippen LogP contribution in [0, 0.1) is 5.41 Å². The summed E-state index contributed by atoms with van der Waals surface area (Å²) >= 11 is 0. The first-order chi connectivity index (χ1) is 9.56. The van der Waals surface area contributed by atoms with Gasteiger partial charge in [0.25, 0.3) is 0 Å². The number of nitrogens with one attached hydrogen (secondary N) is 1. The molecule has 0 unspecified atom stereocenters. The highest BCUT2D eigenvalue weighted by atomic mass is 15.3. The maximum Gasteiger partial charge on any atom is 0.148 e. The summed E-state index contributed by atoms with van der Waals surface area (Å²) < 4.78 is 0. The molecule has 1 fully saturated rings. The minimum Gasteiger partial charge on any atom is -0.356 e. The minimum atomic E-state index is 0.343. The molecule has 1 saturated heterocycles. The highest BCUT2D eigenvalue weighted by Crippen LogP contribution is 2.41. The van der Waals surface area contributed by atoms with Gasteiger partial charge in [-0.15, -0.1) is 0 Å². The quantitative estimate of drug-likeness (QED) is 0.640. The molecule has 2 heterocycles. The molecule has 0 saturated carbocycles. The zero-order valence-electron chi connectivity index (χ0n) is 13.1. The van der Waals surface area contributed by atoms with E-state index in [-0.39, 0.29) is 0 Å². The first-order valence-corrected chi connectivity index (χ1v) is 7.63. The van der Waals surface area contributed by atoms with E-state index in [0.717, 1.165) is 30.3 Å². The van der Waals surface area contributed by atoms with Crippen LogP contribution in [0.1, 0.15) is 58.4 Å². The summed E-state index contributed by atoms with van der Waals surface area (Å²) in [5.74, 6) is 7.74. The first kappa shape index (κ1) is 15.0. The van der Waals surface area contributed by atoms with Crippen molar-refractivity contribution in [3.05, 3.63) is 11.9 Å². The van der Waals surface area contributed by atoms with Gasteiger partial charge in [0.2, 0.25) is 0 Å². The molecule has 5 heteroatoms. The molecule has 0 aliphatic carbocycles. The van der Waals surface area contributed by atoms with Crippen LogP contribution in [0.5, 0.6) is 0 Å². The molecule has 3 N–H and O–H groups in total. The van der Waals surface area contributed by atoms with Crippen LogP contribution in [-0.4, -0.2) is 23.1 Å². The maximum atomic E-state index is 5.60. The lowest BCUT2D eigenvalue weighted by Gasteiger charge is -2.28. The lowest BCUT2D eigenvalue weighted by atomic mass is 9.82. The van der Waals surface area contributed by atoms with Gasteiger partial charge in [0.15, 0.2) is 0 Å². The number of nitrogens with zero attached hydrogens (tertiary/aromatic N) is 3. The molecule has 20 heavy (non-hydrogen) atoms. The second kappa shape index (κ2) is 5.95. The highest BCUT2D eigenvalue weighted by molar-refractivity contribution is 5.60. The molecule has 2 rings (SSSR count). The van der Waals surface area contributed by atoms with Crippen molar-refractivity contribution in [2.24, 2.45) is 11.3 Å². The summed E-state index contributed by atoms with van der Waals surface area (Å²) in [7, 11) is 0. The Morgan fingerprint density at radius 3 is 2.55 bits per heavy atom. The zero-order valence-corrected chi connectivity index (χ0v) is 13.1. The fraction of sp³-hybridized carbons (Fsp3) is 0.733. The van der Waals surface area contributed by atoms with E-state index in [0.29, 0.717) is 11.3 Å². The van der Waals surface area contributed by atoms with Gasteiger partial charge in [-0.25, -0.2) is 15.8 Å². The molecule has 0 bridgehead atoms. The van der Waals surface area contributed by atoms with Crippen LogP contribution in [0.2, 0.25) is 0 Å². The number of aromatic nitrogens is 2. The van der Waals surface area contributed by atoms with Crippen molar-refractivity contribution < 1.29 is 0 Å². The number of hydrogen-bond donors (Lipinski definition) is 2.